The molecule has 10 nitrogen and oxygen atoms in total. The number of imidazole rings is 1. The van der Waals surface area contributed by atoms with Gasteiger partial charge in [0, 0.05) is 57.4 Å². The quantitative estimate of drug-likeness (QED) is 0.317. The van der Waals surface area contributed by atoms with E-state index in [2.05, 4.69) is 22.0 Å². The Morgan fingerprint density at radius 1 is 1.14 bits per heavy atom. The van der Waals surface area contributed by atoms with Crippen LogP contribution in [0, 0.1) is 11.8 Å². The summed E-state index contributed by atoms with van der Waals surface area (Å²) in [4.78, 5) is 36.3. The number of amides is 2. The molecule has 2 fully saturated rings. The zero-order valence-electron chi connectivity index (χ0n) is 23.8. The lowest BCUT2D eigenvalue weighted by Gasteiger charge is -2.29. The van der Waals surface area contributed by atoms with Gasteiger partial charge in [-0.15, -0.1) is 0 Å². The third kappa shape index (κ3) is 4.89. The molecular weight excluding hydrogens is 537 g/mol. The smallest absolute Gasteiger partial charge is 0.255 e. The minimum absolute atomic E-state index is 0.108. The molecule has 2 atom stereocenters. The highest BCUT2D eigenvalue weighted by molar-refractivity contribution is 5.99. The van der Waals surface area contributed by atoms with Gasteiger partial charge in [-0.05, 0) is 43.4 Å². The van der Waals surface area contributed by atoms with Crippen LogP contribution in [0.3, 0.4) is 0 Å². The number of ether oxygens (including phenoxy) is 1. The van der Waals surface area contributed by atoms with Gasteiger partial charge in [-0.3, -0.25) is 9.59 Å². The first-order valence-electron chi connectivity index (χ1n) is 14.9. The van der Waals surface area contributed by atoms with E-state index < -0.39 is 12.7 Å². The molecule has 1 saturated carbocycles. The van der Waals surface area contributed by atoms with Crippen LogP contribution in [0.2, 0.25) is 0 Å². The highest BCUT2D eigenvalue weighted by atomic mass is 19.1. The van der Waals surface area contributed by atoms with Crippen molar-refractivity contribution in [2.45, 2.75) is 44.7 Å². The van der Waals surface area contributed by atoms with Gasteiger partial charge in [0.1, 0.15) is 17.9 Å². The van der Waals surface area contributed by atoms with E-state index in [1.54, 1.807) is 4.90 Å². The topological polar surface area (TPSA) is 120 Å². The van der Waals surface area contributed by atoms with Gasteiger partial charge in [0.15, 0.2) is 11.5 Å². The number of halogens is 1. The Bertz CT molecular complexity index is 1680. The number of aromatic nitrogens is 4. The summed E-state index contributed by atoms with van der Waals surface area (Å²) in [6.07, 6.45) is 4.36. The van der Waals surface area contributed by atoms with Crippen molar-refractivity contribution in [1.29, 1.82) is 0 Å². The highest BCUT2D eigenvalue weighted by Crippen LogP contribution is 2.39. The summed E-state index contributed by atoms with van der Waals surface area (Å²) >= 11 is 0. The Kier molecular flexibility index (Phi) is 6.84. The molecule has 2 aliphatic heterocycles. The van der Waals surface area contributed by atoms with E-state index in [9.17, 15) is 14.0 Å². The Morgan fingerprint density at radius 3 is 2.76 bits per heavy atom. The molecule has 11 heteroatoms. The minimum atomic E-state index is -0.695. The monoisotopic (exact) mass is 573 g/mol. The molecule has 3 aliphatic rings. The number of fused-ring (bicyclic) bond motifs is 3. The molecule has 3 aromatic heterocycles. The molecular formula is C31H36FN7O3. The van der Waals surface area contributed by atoms with E-state index in [0.29, 0.717) is 49.5 Å². The van der Waals surface area contributed by atoms with Gasteiger partial charge in [0.05, 0.1) is 35.1 Å². The summed E-state index contributed by atoms with van der Waals surface area (Å²) in [7, 11) is 1.97. The zero-order chi connectivity index (χ0) is 29.0. The van der Waals surface area contributed by atoms with Crippen LogP contribution in [-0.2, 0) is 24.8 Å². The van der Waals surface area contributed by atoms with Crippen molar-refractivity contribution in [3.63, 3.8) is 0 Å². The third-order valence-electron chi connectivity index (χ3n) is 8.80. The summed E-state index contributed by atoms with van der Waals surface area (Å²) in [6, 6.07) is 9.43. The molecule has 1 aromatic carbocycles. The second-order valence-corrected chi connectivity index (χ2v) is 12.0. The first kappa shape index (κ1) is 26.9. The molecule has 220 valence electrons. The van der Waals surface area contributed by atoms with Crippen LogP contribution in [0.25, 0.3) is 33.6 Å². The maximum absolute atomic E-state index is 13.2. The van der Waals surface area contributed by atoms with Crippen molar-refractivity contribution in [1.82, 2.24) is 29.3 Å². The average molecular weight is 574 g/mol. The van der Waals surface area contributed by atoms with Crippen LogP contribution in [0.5, 0.6) is 5.75 Å². The second kappa shape index (κ2) is 10.7. The number of para-hydroxylation sites is 1. The number of aryl methyl sites for hydroxylation is 1. The maximum atomic E-state index is 13.2. The molecule has 4 aromatic rings. The molecule has 0 bridgehead atoms. The number of benzene rings is 1. The second-order valence-electron chi connectivity index (χ2n) is 12.0. The normalized spacial score (nSPS) is 19.8. The van der Waals surface area contributed by atoms with Crippen molar-refractivity contribution < 1.29 is 18.7 Å². The fourth-order valence-corrected chi connectivity index (χ4v) is 6.25. The number of pyridine rings is 1. The zero-order valence-corrected chi connectivity index (χ0v) is 23.8. The molecule has 7 rings (SSSR count). The molecule has 3 N–H and O–H groups in total. The van der Waals surface area contributed by atoms with Crippen LogP contribution in [0.15, 0.2) is 30.3 Å². The number of carbonyl (C=O) groups excluding carboxylic acids is 2. The molecule has 5 heterocycles. The van der Waals surface area contributed by atoms with E-state index in [-0.39, 0.29) is 24.3 Å². The number of piperidine rings is 1. The highest BCUT2D eigenvalue weighted by Gasteiger charge is 2.30. The fraction of sp³-hybridized carbons (Fsp3) is 0.484. The number of alkyl halides is 1. The van der Waals surface area contributed by atoms with E-state index in [0.717, 1.165) is 52.5 Å². The standard InChI is InChI=1S/C31H36FN7O3/c1-37-29-24(12-22-23(35-29)9-10-38(31(22)41)16-21(33)13-32)36-30(37)25-11-20-3-2-4-26(28(20)39(25)15-18-5-6-18)42-17-19-7-8-27(40)34-14-19/h2-4,11-12,18-19,21H,5-10,13-17,33H2,1H3,(H,34,40)/t19-,21+/m0/s1. The number of hydrogen-bond acceptors (Lipinski definition) is 6. The number of nitrogens with one attached hydrogen (secondary N) is 1. The van der Waals surface area contributed by atoms with Crippen LogP contribution in [0.1, 0.15) is 41.7 Å². The van der Waals surface area contributed by atoms with Gasteiger partial charge in [0.2, 0.25) is 5.91 Å². The third-order valence-corrected chi connectivity index (χ3v) is 8.80. The molecule has 1 aliphatic carbocycles. The molecule has 0 unspecified atom stereocenters. The van der Waals surface area contributed by atoms with Crippen LogP contribution in [-0.4, -0.2) is 74.8 Å². The van der Waals surface area contributed by atoms with Crippen LogP contribution >= 0.6 is 0 Å². The van der Waals surface area contributed by atoms with Gasteiger partial charge >= 0.3 is 0 Å². The molecule has 1 saturated heterocycles. The number of hydrogen-bond donors (Lipinski definition) is 2. The lowest BCUT2D eigenvalue weighted by Crippen LogP contribution is -2.45. The molecule has 0 radical (unpaired) electrons. The van der Waals surface area contributed by atoms with Gasteiger partial charge in [-0.1, -0.05) is 12.1 Å². The summed E-state index contributed by atoms with van der Waals surface area (Å²) < 4.78 is 23.8. The summed E-state index contributed by atoms with van der Waals surface area (Å²) in [6.45, 7) is 2.04. The average Bonchev–Trinajstić information content (AvgIpc) is 3.67. The van der Waals surface area contributed by atoms with Crippen LogP contribution < -0.4 is 15.8 Å². The number of nitrogens with zero attached hydrogens (tertiary/aromatic N) is 5. The first-order valence-corrected chi connectivity index (χ1v) is 14.9. The molecule has 0 spiro atoms. The van der Waals surface area contributed by atoms with E-state index in [1.165, 1.54) is 12.8 Å². The van der Waals surface area contributed by atoms with Gasteiger partial charge in [0.25, 0.3) is 5.91 Å². The van der Waals surface area contributed by atoms with E-state index >= 15 is 0 Å². The lowest BCUT2D eigenvalue weighted by atomic mass is 10.0. The van der Waals surface area contributed by atoms with E-state index in [1.807, 2.05) is 29.8 Å². The first-order chi connectivity index (χ1) is 20.4. The number of nitrogens with two attached hydrogens (primary N) is 1. The Balaban J connectivity index is 1.26. The van der Waals surface area contributed by atoms with Crippen molar-refractivity contribution in [3.8, 4) is 17.3 Å². The largest absolute Gasteiger partial charge is 0.491 e. The van der Waals surface area contributed by atoms with Crippen molar-refractivity contribution >= 4 is 33.9 Å². The Hall–Kier alpha value is -3.99. The number of carbonyl (C=O) groups is 2. The van der Waals surface area contributed by atoms with Crippen LogP contribution in [0.4, 0.5) is 4.39 Å². The van der Waals surface area contributed by atoms with Gasteiger partial charge < -0.3 is 29.8 Å². The van der Waals surface area contributed by atoms with Gasteiger partial charge in [-0.25, -0.2) is 14.4 Å². The van der Waals surface area contributed by atoms with Crippen molar-refractivity contribution in [2.75, 3.05) is 32.9 Å². The lowest BCUT2D eigenvalue weighted by molar-refractivity contribution is -0.123. The fourth-order valence-electron chi connectivity index (χ4n) is 6.25. The number of rotatable bonds is 9. The SMILES string of the molecule is Cn1c(-c2cc3cccc(OC[C@H]4CCC(=O)NC4)c3n2CC2CC2)nc2cc3c(nc21)CCN(C[C@H](N)CF)C3=O. The predicted molar refractivity (Wildman–Crippen MR) is 157 cm³/mol. The van der Waals surface area contributed by atoms with Crippen molar-refractivity contribution in [2.24, 2.45) is 24.6 Å². The minimum Gasteiger partial charge on any atom is -0.491 e. The summed E-state index contributed by atoms with van der Waals surface area (Å²) in [5.74, 6) is 2.44. The Morgan fingerprint density at radius 2 is 2.00 bits per heavy atom. The summed E-state index contributed by atoms with van der Waals surface area (Å²) in [5.41, 5.74) is 10.5. The van der Waals surface area contributed by atoms with Gasteiger partial charge in [-0.2, -0.15) is 0 Å². The molecule has 2 amide bonds. The van der Waals surface area contributed by atoms with E-state index in [4.69, 9.17) is 20.4 Å². The predicted octanol–water partition coefficient (Wildman–Crippen LogP) is 3.20. The molecule has 42 heavy (non-hydrogen) atoms. The maximum Gasteiger partial charge on any atom is 0.255 e. The Labute approximate surface area is 243 Å². The van der Waals surface area contributed by atoms with Crippen molar-refractivity contribution in [3.05, 3.63) is 41.6 Å². The summed E-state index contributed by atoms with van der Waals surface area (Å²) in [5, 5.41) is 4.02.